The molecule has 0 saturated heterocycles. The van der Waals surface area contributed by atoms with Crippen molar-refractivity contribution >= 4 is 26.9 Å². The van der Waals surface area contributed by atoms with Crippen LogP contribution in [0.2, 0.25) is 0 Å². The van der Waals surface area contributed by atoms with Gasteiger partial charge in [0.15, 0.2) is 0 Å². The standard InChI is InChI=1S/C16H12BrFO2/c1-9-6-11(17)2-4-13(9)16(19)15-8-10-7-12(18)3-5-14(10)20-15/h2-8,16,19H,1H3. The molecule has 4 heteroatoms. The molecule has 1 N–H and O–H groups in total. The lowest BCUT2D eigenvalue weighted by Crippen LogP contribution is -2.00. The monoisotopic (exact) mass is 334 g/mol. The van der Waals surface area contributed by atoms with E-state index < -0.39 is 6.10 Å². The molecule has 0 radical (unpaired) electrons. The molecule has 0 aliphatic carbocycles. The molecule has 2 aromatic carbocycles. The molecule has 0 bridgehead atoms. The molecule has 1 aromatic heterocycles. The largest absolute Gasteiger partial charge is 0.458 e. The zero-order valence-electron chi connectivity index (χ0n) is 10.7. The molecule has 1 heterocycles. The number of rotatable bonds is 2. The van der Waals surface area contributed by atoms with Crippen LogP contribution < -0.4 is 0 Å². The number of hydrogen-bond acceptors (Lipinski definition) is 2. The van der Waals surface area contributed by atoms with Crippen LogP contribution in [0.4, 0.5) is 4.39 Å². The molecule has 1 atom stereocenters. The maximum atomic E-state index is 13.2. The quantitative estimate of drug-likeness (QED) is 0.735. The van der Waals surface area contributed by atoms with Gasteiger partial charge in [0.05, 0.1) is 0 Å². The van der Waals surface area contributed by atoms with Gasteiger partial charge < -0.3 is 9.52 Å². The highest BCUT2D eigenvalue weighted by Gasteiger charge is 2.17. The molecule has 1 unspecified atom stereocenters. The summed E-state index contributed by atoms with van der Waals surface area (Å²) in [5.41, 5.74) is 2.29. The Balaban J connectivity index is 2.05. The summed E-state index contributed by atoms with van der Waals surface area (Å²) in [4.78, 5) is 0. The van der Waals surface area contributed by atoms with E-state index in [2.05, 4.69) is 15.9 Å². The summed E-state index contributed by atoms with van der Waals surface area (Å²) in [7, 11) is 0. The molecule has 0 aliphatic heterocycles. The van der Waals surface area contributed by atoms with Crippen LogP contribution >= 0.6 is 15.9 Å². The first-order valence-electron chi connectivity index (χ1n) is 6.18. The number of hydrogen-bond donors (Lipinski definition) is 1. The van der Waals surface area contributed by atoms with Crippen molar-refractivity contribution in [1.29, 1.82) is 0 Å². The summed E-state index contributed by atoms with van der Waals surface area (Å²) in [6.45, 7) is 1.92. The predicted molar refractivity (Wildman–Crippen MR) is 79.1 cm³/mol. The first-order valence-corrected chi connectivity index (χ1v) is 6.97. The summed E-state index contributed by atoms with van der Waals surface area (Å²) >= 11 is 3.39. The van der Waals surface area contributed by atoms with Crippen LogP contribution in [-0.4, -0.2) is 5.11 Å². The number of aryl methyl sites for hydroxylation is 1. The Labute approximate surface area is 124 Å². The number of fused-ring (bicyclic) bond motifs is 1. The van der Waals surface area contributed by atoms with E-state index in [1.54, 1.807) is 12.1 Å². The van der Waals surface area contributed by atoms with Gasteiger partial charge in [-0.15, -0.1) is 0 Å². The van der Waals surface area contributed by atoms with E-state index in [9.17, 15) is 9.50 Å². The van der Waals surface area contributed by atoms with Crippen molar-refractivity contribution in [2.75, 3.05) is 0 Å². The van der Waals surface area contributed by atoms with Gasteiger partial charge in [-0.05, 0) is 54.4 Å². The van der Waals surface area contributed by atoms with E-state index in [1.165, 1.54) is 12.1 Å². The molecule has 3 aromatic rings. The van der Waals surface area contributed by atoms with E-state index >= 15 is 0 Å². The van der Waals surface area contributed by atoms with E-state index in [-0.39, 0.29) is 5.82 Å². The summed E-state index contributed by atoms with van der Waals surface area (Å²) in [6.07, 6.45) is -0.862. The fourth-order valence-electron chi connectivity index (χ4n) is 2.27. The number of benzene rings is 2. The van der Waals surface area contributed by atoms with Gasteiger partial charge in [-0.25, -0.2) is 4.39 Å². The zero-order chi connectivity index (χ0) is 14.3. The third-order valence-corrected chi connectivity index (χ3v) is 3.79. The molecular weight excluding hydrogens is 323 g/mol. The van der Waals surface area contributed by atoms with Crippen LogP contribution in [0.1, 0.15) is 23.0 Å². The minimum atomic E-state index is -0.862. The van der Waals surface area contributed by atoms with E-state index in [4.69, 9.17) is 4.42 Å². The molecular formula is C16H12BrFO2. The number of aliphatic hydroxyl groups is 1. The summed E-state index contributed by atoms with van der Waals surface area (Å²) in [5, 5.41) is 11.1. The third-order valence-electron chi connectivity index (χ3n) is 3.29. The lowest BCUT2D eigenvalue weighted by molar-refractivity contribution is 0.191. The lowest BCUT2D eigenvalue weighted by atomic mass is 10.0. The maximum absolute atomic E-state index is 13.2. The Bertz CT molecular complexity index is 779. The number of aliphatic hydroxyl groups excluding tert-OH is 1. The van der Waals surface area contributed by atoms with Crippen LogP contribution in [0.15, 0.2) is 51.4 Å². The Morgan fingerprint density at radius 2 is 1.95 bits per heavy atom. The molecule has 0 spiro atoms. The van der Waals surface area contributed by atoms with Gasteiger partial charge in [-0.1, -0.05) is 22.0 Å². The highest BCUT2D eigenvalue weighted by molar-refractivity contribution is 9.10. The van der Waals surface area contributed by atoms with E-state index in [1.807, 2.05) is 25.1 Å². The summed E-state index contributed by atoms with van der Waals surface area (Å²) in [5.74, 6) is 0.0928. The second-order valence-electron chi connectivity index (χ2n) is 4.73. The summed E-state index contributed by atoms with van der Waals surface area (Å²) < 4.78 is 19.7. The van der Waals surface area contributed by atoms with Gasteiger partial charge in [0.25, 0.3) is 0 Å². The van der Waals surface area contributed by atoms with Crippen LogP contribution in [0.5, 0.6) is 0 Å². The van der Waals surface area contributed by atoms with Gasteiger partial charge in [-0.3, -0.25) is 0 Å². The second kappa shape index (κ2) is 5.04. The van der Waals surface area contributed by atoms with E-state index in [0.29, 0.717) is 16.7 Å². The van der Waals surface area contributed by atoms with Crippen molar-refractivity contribution < 1.29 is 13.9 Å². The minimum absolute atomic E-state index is 0.320. The molecule has 3 rings (SSSR count). The lowest BCUT2D eigenvalue weighted by Gasteiger charge is -2.11. The van der Waals surface area contributed by atoms with Gasteiger partial charge >= 0.3 is 0 Å². The van der Waals surface area contributed by atoms with Crippen molar-refractivity contribution in [1.82, 2.24) is 0 Å². The Morgan fingerprint density at radius 3 is 2.70 bits per heavy atom. The first-order chi connectivity index (χ1) is 9.54. The van der Waals surface area contributed by atoms with Crippen LogP contribution in [0.3, 0.4) is 0 Å². The normalized spacial score (nSPS) is 12.8. The van der Waals surface area contributed by atoms with Crippen LogP contribution in [0.25, 0.3) is 11.0 Å². The van der Waals surface area contributed by atoms with Gasteiger partial charge in [0, 0.05) is 9.86 Å². The SMILES string of the molecule is Cc1cc(Br)ccc1C(O)c1cc2cc(F)ccc2o1. The zero-order valence-corrected chi connectivity index (χ0v) is 12.3. The van der Waals surface area contributed by atoms with Crippen molar-refractivity contribution in [3.8, 4) is 0 Å². The van der Waals surface area contributed by atoms with E-state index in [0.717, 1.165) is 15.6 Å². The maximum Gasteiger partial charge on any atom is 0.138 e. The number of furan rings is 1. The van der Waals surface area contributed by atoms with Crippen LogP contribution in [0, 0.1) is 12.7 Å². The minimum Gasteiger partial charge on any atom is -0.458 e. The molecule has 102 valence electrons. The van der Waals surface area contributed by atoms with Crippen LogP contribution in [-0.2, 0) is 0 Å². The topological polar surface area (TPSA) is 33.4 Å². The van der Waals surface area contributed by atoms with Crippen molar-refractivity contribution in [3.63, 3.8) is 0 Å². The molecule has 0 aliphatic rings. The molecule has 0 fully saturated rings. The predicted octanol–water partition coefficient (Wildman–Crippen LogP) is 4.72. The molecule has 20 heavy (non-hydrogen) atoms. The Hall–Kier alpha value is -1.65. The van der Waals surface area contributed by atoms with Crippen molar-refractivity contribution in [3.05, 3.63) is 69.6 Å². The first kappa shape index (κ1) is 13.3. The fourth-order valence-corrected chi connectivity index (χ4v) is 2.74. The Morgan fingerprint density at radius 1 is 1.15 bits per heavy atom. The van der Waals surface area contributed by atoms with Gasteiger partial charge in [-0.2, -0.15) is 0 Å². The molecule has 0 amide bonds. The Kier molecular flexibility index (Phi) is 3.36. The smallest absolute Gasteiger partial charge is 0.138 e. The number of halogens is 2. The average molecular weight is 335 g/mol. The molecule has 2 nitrogen and oxygen atoms in total. The fraction of sp³-hybridized carbons (Fsp3) is 0.125. The van der Waals surface area contributed by atoms with Crippen molar-refractivity contribution in [2.45, 2.75) is 13.0 Å². The summed E-state index contributed by atoms with van der Waals surface area (Å²) in [6, 6.07) is 11.6. The highest BCUT2D eigenvalue weighted by atomic mass is 79.9. The highest BCUT2D eigenvalue weighted by Crippen LogP contribution is 2.31. The van der Waals surface area contributed by atoms with Gasteiger partial charge in [0.1, 0.15) is 23.3 Å². The van der Waals surface area contributed by atoms with Gasteiger partial charge in [0.2, 0.25) is 0 Å². The second-order valence-corrected chi connectivity index (χ2v) is 5.65. The third kappa shape index (κ3) is 2.37. The van der Waals surface area contributed by atoms with Crippen molar-refractivity contribution in [2.24, 2.45) is 0 Å². The molecule has 0 saturated carbocycles. The average Bonchev–Trinajstić information content (AvgIpc) is 2.81.